The van der Waals surface area contributed by atoms with Crippen molar-refractivity contribution >= 4 is 35.0 Å². The van der Waals surface area contributed by atoms with Crippen LogP contribution in [0.4, 0.5) is 10.5 Å². The second-order valence-electron chi connectivity index (χ2n) is 5.18. The number of nitrogens with one attached hydrogen (secondary N) is 2. The van der Waals surface area contributed by atoms with Crippen LogP contribution >= 0.6 is 12.4 Å². The van der Waals surface area contributed by atoms with E-state index in [4.69, 9.17) is 5.21 Å². The number of rotatable bonds is 2. The lowest BCUT2D eigenvalue weighted by Gasteiger charge is -2.20. The minimum atomic E-state index is -0.503. The number of aromatic nitrogens is 1. The maximum atomic E-state index is 11.7. The first kappa shape index (κ1) is 15.7. The molecule has 2 amide bonds. The summed E-state index contributed by atoms with van der Waals surface area (Å²) in [6.07, 6.45) is 4.66. The van der Waals surface area contributed by atoms with Crippen LogP contribution in [0.1, 0.15) is 31.0 Å². The molecule has 0 unspecified atom stereocenters. The largest absolute Gasteiger partial charge is 0.358 e. The van der Waals surface area contributed by atoms with Gasteiger partial charge in [0, 0.05) is 28.8 Å². The monoisotopic (exact) mass is 309 g/mol. The normalized spacial score (nSPS) is 13.4. The molecule has 5 nitrogen and oxygen atoms in total. The first-order valence-corrected chi connectivity index (χ1v) is 7.09. The van der Waals surface area contributed by atoms with Crippen molar-refractivity contribution in [2.24, 2.45) is 0 Å². The van der Waals surface area contributed by atoms with Gasteiger partial charge < -0.3 is 4.98 Å². The average molecular weight is 310 g/mol. The molecule has 1 aliphatic carbocycles. The van der Waals surface area contributed by atoms with E-state index in [0.29, 0.717) is 6.54 Å². The van der Waals surface area contributed by atoms with Crippen molar-refractivity contribution in [3.8, 4) is 0 Å². The quantitative estimate of drug-likeness (QED) is 0.588. The number of carbonyl (C=O) groups is 1. The molecule has 0 atom stereocenters. The number of hydrogen-bond acceptors (Lipinski definition) is 2. The average Bonchev–Trinajstić information content (AvgIpc) is 2.86. The van der Waals surface area contributed by atoms with Crippen molar-refractivity contribution in [2.45, 2.75) is 32.6 Å². The molecule has 0 saturated carbocycles. The Hall–Kier alpha value is -1.72. The van der Waals surface area contributed by atoms with Crippen LogP contribution in [0, 0.1) is 0 Å². The maximum absolute atomic E-state index is 11.7. The minimum absolute atomic E-state index is 0. The van der Waals surface area contributed by atoms with E-state index in [1.807, 2.05) is 25.1 Å². The number of amides is 2. The van der Waals surface area contributed by atoms with E-state index in [0.717, 1.165) is 24.0 Å². The molecule has 0 radical (unpaired) electrons. The minimum Gasteiger partial charge on any atom is -0.358 e. The zero-order valence-electron chi connectivity index (χ0n) is 12.0. The Bertz CT molecular complexity index is 654. The summed E-state index contributed by atoms with van der Waals surface area (Å²) in [6, 6.07) is 5.45. The Morgan fingerprint density at radius 3 is 2.86 bits per heavy atom. The number of halogens is 1. The number of aryl methyl sites for hydroxylation is 2. The van der Waals surface area contributed by atoms with E-state index in [2.05, 4.69) is 4.98 Å². The first-order chi connectivity index (χ1) is 9.74. The fourth-order valence-corrected chi connectivity index (χ4v) is 3.07. The summed E-state index contributed by atoms with van der Waals surface area (Å²) in [5.41, 5.74) is 6.34. The van der Waals surface area contributed by atoms with E-state index in [1.165, 1.54) is 34.4 Å². The van der Waals surface area contributed by atoms with Gasteiger partial charge in [-0.15, -0.1) is 12.4 Å². The van der Waals surface area contributed by atoms with E-state index in [9.17, 15) is 4.79 Å². The van der Waals surface area contributed by atoms with Crippen molar-refractivity contribution < 1.29 is 10.0 Å². The summed E-state index contributed by atoms with van der Waals surface area (Å²) in [7, 11) is 0. The molecule has 3 N–H and O–H groups in total. The molecule has 0 fully saturated rings. The molecule has 6 heteroatoms. The molecule has 1 aliphatic rings. The molecule has 114 valence electrons. The number of carbonyl (C=O) groups excluding carboxylic acids is 1. The topological polar surface area (TPSA) is 68.4 Å². The zero-order valence-corrected chi connectivity index (χ0v) is 12.8. The van der Waals surface area contributed by atoms with Gasteiger partial charge in [0.05, 0.1) is 0 Å². The molecule has 0 aliphatic heterocycles. The molecule has 1 aromatic heterocycles. The van der Waals surface area contributed by atoms with Crippen LogP contribution in [0.15, 0.2) is 18.2 Å². The van der Waals surface area contributed by atoms with Gasteiger partial charge in [-0.05, 0) is 56.4 Å². The van der Waals surface area contributed by atoms with E-state index < -0.39 is 6.03 Å². The standard InChI is InChI=1S/C15H19N3O2.ClH/c1-2-18(15(19)17-20)10-7-8-14-12(9-10)11-5-3-4-6-13(11)16-14;/h7-9,16,20H,2-6H2,1H3,(H,17,19);1H. The van der Waals surface area contributed by atoms with Crippen LogP contribution in [-0.4, -0.2) is 22.8 Å². The zero-order chi connectivity index (χ0) is 14.1. The van der Waals surface area contributed by atoms with Crippen LogP contribution in [0.3, 0.4) is 0 Å². The van der Waals surface area contributed by atoms with Crippen molar-refractivity contribution in [3.63, 3.8) is 0 Å². The van der Waals surface area contributed by atoms with E-state index in [1.54, 1.807) is 5.48 Å². The van der Waals surface area contributed by atoms with E-state index >= 15 is 0 Å². The third-order valence-corrected chi connectivity index (χ3v) is 4.05. The summed E-state index contributed by atoms with van der Waals surface area (Å²) < 4.78 is 0. The Kier molecular flexibility index (Phi) is 4.75. The fraction of sp³-hybridized carbons (Fsp3) is 0.400. The molecule has 0 bridgehead atoms. The molecule has 21 heavy (non-hydrogen) atoms. The van der Waals surface area contributed by atoms with Gasteiger partial charge >= 0.3 is 6.03 Å². The van der Waals surface area contributed by atoms with Crippen molar-refractivity contribution in [1.29, 1.82) is 0 Å². The van der Waals surface area contributed by atoms with E-state index in [-0.39, 0.29) is 12.4 Å². The van der Waals surface area contributed by atoms with Crippen molar-refractivity contribution in [1.82, 2.24) is 10.5 Å². The molecule has 2 aromatic rings. The van der Waals surface area contributed by atoms with Gasteiger partial charge in [0.25, 0.3) is 0 Å². The number of nitrogens with zero attached hydrogens (tertiary/aromatic N) is 1. The first-order valence-electron chi connectivity index (χ1n) is 7.09. The fourth-order valence-electron chi connectivity index (χ4n) is 3.07. The summed E-state index contributed by atoms with van der Waals surface area (Å²) in [5, 5.41) is 10.0. The van der Waals surface area contributed by atoms with Gasteiger partial charge in [0.1, 0.15) is 0 Å². The molecular formula is C15H20ClN3O2. The summed E-state index contributed by atoms with van der Waals surface area (Å²) >= 11 is 0. The maximum Gasteiger partial charge on any atom is 0.345 e. The van der Waals surface area contributed by atoms with Gasteiger partial charge in [0.2, 0.25) is 0 Å². The third-order valence-electron chi connectivity index (χ3n) is 4.05. The highest BCUT2D eigenvalue weighted by Crippen LogP contribution is 2.31. The van der Waals surface area contributed by atoms with Crippen molar-refractivity contribution in [2.75, 3.05) is 11.4 Å². The number of hydrogen-bond donors (Lipinski definition) is 3. The highest BCUT2D eigenvalue weighted by molar-refractivity contribution is 5.95. The van der Waals surface area contributed by atoms with Crippen LogP contribution in [0.5, 0.6) is 0 Å². The molecule has 3 rings (SSSR count). The molecule has 0 saturated heterocycles. The second kappa shape index (κ2) is 6.37. The van der Waals surface area contributed by atoms with Crippen molar-refractivity contribution in [3.05, 3.63) is 29.5 Å². The molecular weight excluding hydrogens is 290 g/mol. The van der Waals surface area contributed by atoms with Gasteiger partial charge in [-0.25, -0.2) is 10.3 Å². The summed E-state index contributed by atoms with van der Waals surface area (Å²) in [4.78, 5) is 16.7. The van der Waals surface area contributed by atoms with Gasteiger partial charge in [-0.3, -0.25) is 10.1 Å². The number of hydroxylamine groups is 1. The summed E-state index contributed by atoms with van der Waals surface area (Å²) in [6.45, 7) is 2.39. The second-order valence-corrected chi connectivity index (χ2v) is 5.18. The summed E-state index contributed by atoms with van der Waals surface area (Å²) in [5.74, 6) is 0. The number of fused-ring (bicyclic) bond motifs is 3. The predicted octanol–water partition coefficient (Wildman–Crippen LogP) is 3.39. The Balaban J connectivity index is 0.00000161. The molecule has 1 aromatic carbocycles. The lowest BCUT2D eigenvalue weighted by atomic mass is 9.95. The number of H-pyrrole nitrogens is 1. The van der Waals surface area contributed by atoms with Crippen LogP contribution in [-0.2, 0) is 12.8 Å². The molecule has 1 heterocycles. The van der Waals surface area contributed by atoms with Crippen LogP contribution in [0.2, 0.25) is 0 Å². The predicted molar refractivity (Wildman–Crippen MR) is 85.5 cm³/mol. The lowest BCUT2D eigenvalue weighted by Crippen LogP contribution is -2.38. The third kappa shape index (κ3) is 2.71. The van der Waals surface area contributed by atoms with Gasteiger partial charge in [0.15, 0.2) is 0 Å². The number of urea groups is 1. The van der Waals surface area contributed by atoms with Crippen LogP contribution in [0.25, 0.3) is 10.9 Å². The molecule has 0 spiro atoms. The number of aromatic amines is 1. The van der Waals surface area contributed by atoms with Gasteiger partial charge in [-0.1, -0.05) is 0 Å². The Labute approximate surface area is 129 Å². The SMILES string of the molecule is CCN(C(=O)NO)c1ccc2[nH]c3c(c2c1)CCCC3.Cl. The Morgan fingerprint density at radius 1 is 1.38 bits per heavy atom. The van der Waals surface area contributed by atoms with Gasteiger partial charge in [-0.2, -0.15) is 0 Å². The highest BCUT2D eigenvalue weighted by Gasteiger charge is 2.18. The lowest BCUT2D eigenvalue weighted by molar-refractivity contribution is 0.167. The number of benzene rings is 1. The van der Waals surface area contributed by atoms with Crippen LogP contribution < -0.4 is 10.4 Å². The highest BCUT2D eigenvalue weighted by atomic mass is 35.5. The number of anilines is 1. The Morgan fingerprint density at radius 2 is 2.14 bits per heavy atom. The smallest absolute Gasteiger partial charge is 0.345 e.